The lowest BCUT2D eigenvalue weighted by atomic mass is 10.0. The number of thiazole rings is 1. The van der Waals surface area contributed by atoms with Crippen LogP contribution in [0.2, 0.25) is 0 Å². The van der Waals surface area contributed by atoms with E-state index in [0.29, 0.717) is 5.69 Å². The second kappa shape index (κ2) is 5.27. The summed E-state index contributed by atoms with van der Waals surface area (Å²) < 4.78 is 0. The average molecular weight is 256 g/mol. The van der Waals surface area contributed by atoms with Gasteiger partial charge in [-0.15, -0.1) is 11.3 Å². The quantitative estimate of drug-likeness (QED) is 0.857. The summed E-state index contributed by atoms with van der Waals surface area (Å²) >= 11 is 1.42. The van der Waals surface area contributed by atoms with Crippen molar-refractivity contribution in [2.45, 2.75) is 33.7 Å². The van der Waals surface area contributed by atoms with Gasteiger partial charge >= 0.3 is 5.97 Å². The fourth-order valence-electron chi connectivity index (χ4n) is 1.46. The number of rotatable bonds is 4. The molecule has 0 saturated heterocycles. The number of hydrogen-bond donors (Lipinski definition) is 2. The van der Waals surface area contributed by atoms with Gasteiger partial charge in [0.05, 0.1) is 5.01 Å². The number of amides is 1. The maximum absolute atomic E-state index is 11.9. The molecule has 1 aromatic heterocycles. The van der Waals surface area contributed by atoms with Gasteiger partial charge in [0.25, 0.3) is 5.91 Å². The molecule has 1 amide bonds. The predicted molar refractivity (Wildman–Crippen MR) is 65.3 cm³/mol. The van der Waals surface area contributed by atoms with Crippen LogP contribution in [-0.4, -0.2) is 28.0 Å². The molecule has 5 nitrogen and oxygen atoms in total. The largest absolute Gasteiger partial charge is 0.480 e. The Morgan fingerprint density at radius 3 is 2.29 bits per heavy atom. The minimum Gasteiger partial charge on any atom is -0.480 e. The van der Waals surface area contributed by atoms with Crippen LogP contribution in [-0.2, 0) is 4.79 Å². The number of carboxylic acid groups (broad SMARTS) is 1. The van der Waals surface area contributed by atoms with Crippen molar-refractivity contribution >= 4 is 23.2 Å². The van der Waals surface area contributed by atoms with E-state index in [-0.39, 0.29) is 5.92 Å². The molecule has 0 aromatic carbocycles. The number of hydrogen-bond acceptors (Lipinski definition) is 4. The Hall–Kier alpha value is -1.43. The lowest BCUT2D eigenvalue weighted by molar-refractivity contribution is -0.140. The summed E-state index contributed by atoms with van der Waals surface area (Å²) in [7, 11) is 0. The van der Waals surface area contributed by atoms with E-state index in [1.165, 1.54) is 11.3 Å². The van der Waals surface area contributed by atoms with E-state index in [2.05, 4.69) is 10.3 Å². The van der Waals surface area contributed by atoms with E-state index in [0.717, 1.165) is 9.88 Å². The van der Waals surface area contributed by atoms with Crippen molar-refractivity contribution < 1.29 is 14.7 Å². The third-order valence-corrected chi connectivity index (χ3v) is 3.22. The Morgan fingerprint density at radius 1 is 1.35 bits per heavy atom. The Kier molecular flexibility index (Phi) is 4.22. The standard InChI is InChI=1S/C11H16N2O3S/c1-5(2)8(11(15)16)13-10(14)9-6(3)17-7(4)12-9/h5,8H,1-4H3,(H,13,14)(H,15,16)/t8-/m1/s1. The number of carboxylic acids is 1. The summed E-state index contributed by atoms with van der Waals surface area (Å²) in [6.07, 6.45) is 0. The van der Waals surface area contributed by atoms with Gasteiger partial charge in [-0.25, -0.2) is 9.78 Å². The van der Waals surface area contributed by atoms with Crippen LogP contribution in [0.3, 0.4) is 0 Å². The van der Waals surface area contributed by atoms with Gasteiger partial charge in [-0.1, -0.05) is 13.8 Å². The van der Waals surface area contributed by atoms with E-state index < -0.39 is 17.9 Å². The summed E-state index contributed by atoms with van der Waals surface area (Å²) in [5.74, 6) is -1.62. The SMILES string of the molecule is Cc1nc(C(=O)N[C@@H](C(=O)O)C(C)C)c(C)s1. The van der Waals surface area contributed by atoms with E-state index in [9.17, 15) is 9.59 Å². The second-order valence-electron chi connectivity index (χ2n) is 4.17. The Bertz CT molecular complexity index is 440. The van der Waals surface area contributed by atoms with Gasteiger partial charge in [-0.2, -0.15) is 0 Å². The van der Waals surface area contributed by atoms with Crippen LogP contribution in [0.1, 0.15) is 34.2 Å². The lowest BCUT2D eigenvalue weighted by Crippen LogP contribution is -2.44. The Balaban J connectivity index is 2.85. The zero-order valence-electron chi connectivity index (χ0n) is 10.3. The fraction of sp³-hybridized carbons (Fsp3) is 0.545. The molecule has 0 aliphatic rings. The van der Waals surface area contributed by atoms with Crippen LogP contribution in [0, 0.1) is 19.8 Å². The molecule has 0 saturated carbocycles. The third-order valence-electron chi connectivity index (χ3n) is 2.34. The number of aliphatic carboxylic acids is 1. The van der Waals surface area contributed by atoms with Crippen LogP contribution < -0.4 is 5.32 Å². The first-order chi connectivity index (χ1) is 7.82. The molecular weight excluding hydrogens is 240 g/mol. The first kappa shape index (κ1) is 13.6. The first-order valence-corrected chi connectivity index (χ1v) is 6.12. The van der Waals surface area contributed by atoms with Crippen molar-refractivity contribution in [1.82, 2.24) is 10.3 Å². The molecule has 0 aliphatic heterocycles. The number of carbonyl (C=O) groups is 2. The molecule has 0 aliphatic carbocycles. The molecule has 6 heteroatoms. The van der Waals surface area contributed by atoms with Gasteiger partial charge in [-0.3, -0.25) is 4.79 Å². The highest BCUT2D eigenvalue weighted by Gasteiger charge is 2.25. The Labute approximate surface area is 104 Å². The lowest BCUT2D eigenvalue weighted by Gasteiger charge is -2.17. The molecule has 0 radical (unpaired) electrons. The minimum atomic E-state index is -1.03. The van der Waals surface area contributed by atoms with Gasteiger partial charge in [0, 0.05) is 4.88 Å². The number of aromatic nitrogens is 1. The molecule has 1 aromatic rings. The van der Waals surface area contributed by atoms with Gasteiger partial charge in [0.2, 0.25) is 0 Å². The van der Waals surface area contributed by atoms with Crippen LogP contribution >= 0.6 is 11.3 Å². The summed E-state index contributed by atoms with van der Waals surface area (Å²) in [5, 5.41) is 12.3. The normalized spacial score (nSPS) is 12.5. The van der Waals surface area contributed by atoms with E-state index in [1.807, 2.05) is 6.92 Å². The number of carbonyl (C=O) groups excluding carboxylic acids is 1. The van der Waals surface area contributed by atoms with E-state index >= 15 is 0 Å². The van der Waals surface area contributed by atoms with Crippen molar-refractivity contribution in [3.8, 4) is 0 Å². The second-order valence-corrected chi connectivity index (χ2v) is 5.58. The predicted octanol–water partition coefficient (Wildman–Crippen LogP) is 1.60. The highest BCUT2D eigenvalue weighted by Crippen LogP contribution is 2.16. The van der Waals surface area contributed by atoms with Crippen LogP contribution in [0.5, 0.6) is 0 Å². The zero-order valence-corrected chi connectivity index (χ0v) is 11.1. The zero-order chi connectivity index (χ0) is 13.2. The minimum absolute atomic E-state index is 0.170. The van der Waals surface area contributed by atoms with Crippen molar-refractivity contribution in [3.05, 3.63) is 15.6 Å². The van der Waals surface area contributed by atoms with Crippen molar-refractivity contribution in [2.75, 3.05) is 0 Å². The van der Waals surface area contributed by atoms with Gasteiger partial charge < -0.3 is 10.4 Å². The van der Waals surface area contributed by atoms with Crippen LogP contribution in [0.4, 0.5) is 0 Å². The fourth-order valence-corrected chi connectivity index (χ4v) is 2.28. The van der Waals surface area contributed by atoms with Gasteiger partial charge in [0.15, 0.2) is 0 Å². The number of nitrogens with one attached hydrogen (secondary N) is 1. The molecule has 0 unspecified atom stereocenters. The smallest absolute Gasteiger partial charge is 0.326 e. The third kappa shape index (κ3) is 3.26. The molecule has 2 N–H and O–H groups in total. The highest BCUT2D eigenvalue weighted by molar-refractivity contribution is 7.11. The molecule has 1 atom stereocenters. The maximum Gasteiger partial charge on any atom is 0.326 e. The molecule has 1 heterocycles. The number of aryl methyl sites for hydroxylation is 2. The van der Waals surface area contributed by atoms with Gasteiger partial charge in [0.1, 0.15) is 11.7 Å². The molecule has 0 spiro atoms. The topological polar surface area (TPSA) is 79.3 Å². The van der Waals surface area contributed by atoms with Crippen molar-refractivity contribution in [3.63, 3.8) is 0 Å². The molecule has 0 bridgehead atoms. The summed E-state index contributed by atoms with van der Waals surface area (Å²) in [4.78, 5) is 27.7. The van der Waals surface area contributed by atoms with Gasteiger partial charge in [-0.05, 0) is 19.8 Å². The average Bonchev–Trinajstić information content (AvgIpc) is 2.53. The number of nitrogens with zero attached hydrogens (tertiary/aromatic N) is 1. The summed E-state index contributed by atoms with van der Waals surface area (Å²) in [5.41, 5.74) is 0.319. The molecule has 94 valence electrons. The van der Waals surface area contributed by atoms with Crippen LogP contribution in [0.15, 0.2) is 0 Å². The van der Waals surface area contributed by atoms with E-state index in [1.54, 1.807) is 20.8 Å². The highest BCUT2D eigenvalue weighted by atomic mass is 32.1. The maximum atomic E-state index is 11.9. The molecule has 0 fully saturated rings. The summed E-state index contributed by atoms with van der Waals surface area (Å²) in [6, 6.07) is -0.885. The molecular formula is C11H16N2O3S. The molecule has 17 heavy (non-hydrogen) atoms. The van der Waals surface area contributed by atoms with Crippen LogP contribution in [0.25, 0.3) is 0 Å². The van der Waals surface area contributed by atoms with E-state index in [4.69, 9.17) is 5.11 Å². The molecule has 1 rings (SSSR count). The summed E-state index contributed by atoms with van der Waals surface area (Å²) in [6.45, 7) is 7.10. The first-order valence-electron chi connectivity index (χ1n) is 5.30. The Morgan fingerprint density at radius 2 is 1.94 bits per heavy atom. The van der Waals surface area contributed by atoms with Crippen molar-refractivity contribution in [1.29, 1.82) is 0 Å². The monoisotopic (exact) mass is 256 g/mol. The van der Waals surface area contributed by atoms with Crippen molar-refractivity contribution in [2.24, 2.45) is 5.92 Å².